The molecule has 0 saturated carbocycles. The number of nitriles is 1. The Morgan fingerprint density at radius 3 is 2.61 bits per heavy atom. The highest BCUT2D eigenvalue weighted by Gasteiger charge is 2.17. The first kappa shape index (κ1) is 13.8. The topological polar surface area (TPSA) is 88.1 Å². The lowest BCUT2D eigenvalue weighted by atomic mass is 10.1. The van der Waals surface area contributed by atoms with E-state index in [1.807, 2.05) is 0 Å². The van der Waals surface area contributed by atoms with Crippen molar-refractivity contribution >= 4 is 17.5 Å². The summed E-state index contributed by atoms with van der Waals surface area (Å²) in [5, 5.41) is 10.9. The number of nitrogens with one attached hydrogen (secondary N) is 1. The molecule has 0 aliphatic rings. The molecule has 1 amide bonds. The Kier molecular flexibility index (Phi) is 3.76. The van der Waals surface area contributed by atoms with Crippen LogP contribution < -0.4 is 11.1 Å². The van der Waals surface area contributed by atoms with Crippen LogP contribution in [0.1, 0.15) is 26.3 Å². The Balaban J connectivity index is 2.90. The lowest BCUT2D eigenvalue weighted by molar-refractivity contribution is 0.0636. The van der Waals surface area contributed by atoms with Gasteiger partial charge >= 0.3 is 6.09 Å². The van der Waals surface area contributed by atoms with Gasteiger partial charge in [0.1, 0.15) is 17.5 Å². The minimum absolute atomic E-state index is 0.0701. The van der Waals surface area contributed by atoms with Crippen molar-refractivity contribution in [2.75, 3.05) is 11.1 Å². The highest BCUT2D eigenvalue weighted by molar-refractivity contribution is 5.89. The SMILES string of the molecule is CC(C)(C)OC(=O)Nc1cc(F)c(C#N)cc1N. The number of anilines is 2. The third kappa shape index (κ3) is 3.63. The molecule has 0 aliphatic heterocycles. The monoisotopic (exact) mass is 251 g/mol. The van der Waals surface area contributed by atoms with Gasteiger partial charge in [0.25, 0.3) is 0 Å². The Hall–Kier alpha value is -2.29. The number of carbonyl (C=O) groups is 1. The maximum atomic E-state index is 13.3. The van der Waals surface area contributed by atoms with Crippen LogP contribution in [0.25, 0.3) is 0 Å². The number of ether oxygens (including phenoxy) is 1. The van der Waals surface area contributed by atoms with E-state index in [9.17, 15) is 9.18 Å². The molecule has 0 spiro atoms. The number of carbonyl (C=O) groups excluding carboxylic acids is 1. The maximum absolute atomic E-state index is 13.3. The first-order valence-corrected chi connectivity index (χ1v) is 5.22. The number of nitrogens with two attached hydrogens (primary N) is 1. The van der Waals surface area contributed by atoms with E-state index in [0.717, 1.165) is 12.1 Å². The van der Waals surface area contributed by atoms with E-state index in [1.54, 1.807) is 26.8 Å². The van der Waals surface area contributed by atoms with E-state index in [2.05, 4.69) is 5.32 Å². The van der Waals surface area contributed by atoms with Crippen LogP contribution in [0.3, 0.4) is 0 Å². The van der Waals surface area contributed by atoms with Crippen LogP contribution in [0, 0.1) is 17.1 Å². The quantitative estimate of drug-likeness (QED) is 0.751. The standard InChI is InChI=1S/C12H14FN3O2/c1-12(2,3)18-11(17)16-10-5-8(13)7(6-14)4-9(10)15/h4-5H,15H2,1-3H3,(H,16,17). The molecule has 0 heterocycles. The van der Waals surface area contributed by atoms with Gasteiger partial charge in [-0.15, -0.1) is 0 Å². The van der Waals surface area contributed by atoms with Crippen molar-refractivity contribution in [1.82, 2.24) is 0 Å². The average Bonchev–Trinajstić information content (AvgIpc) is 2.20. The second kappa shape index (κ2) is 4.92. The summed E-state index contributed by atoms with van der Waals surface area (Å²) in [6.45, 7) is 5.11. The fourth-order valence-corrected chi connectivity index (χ4v) is 1.20. The summed E-state index contributed by atoms with van der Waals surface area (Å²) in [4.78, 5) is 11.5. The molecule has 0 fully saturated rings. The highest BCUT2D eigenvalue weighted by Crippen LogP contribution is 2.23. The molecular formula is C12H14FN3O2. The van der Waals surface area contributed by atoms with Gasteiger partial charge in [-0.25, -0.2) is 9.18 Å². The van der Waals surface area contributed by atoms with Crippen molar-refractivity contribution in [1.29, 1.82) is 5.26 Å². The molecule has 0 saturated heterocycles. The van der Waals surface area contributed by atoms with Crippen molar-refractivity contribution in [3.63, 3.8) is 0 Å². The first-order valence-electron chi connectivity index (χ1n) is 5.22. The predicted octanol–water partition coefficient (Wildman–Crippen LogP) is 2.63. The van der Waals surface area contributed by atoms with Gasteiger partial charge in [-0.3, -0.25) is 5.32 Å². The van der Waals surface area contributed by atoms with Crippen LogP contribution in [0.5, 0.6) is 0 Å². The summed E-state index contributed by atoms with van der Waals surface area (Å²) < 4.78 is 18.3. The zero-order valence-corrected chi connectivity index (χ0v) is 10.4. The second-order valence-electron chi connectivity index (χ2n) is 4.66. The number of benzene rings is 1. The molecular weight excluding hydrogens is 237 g/mol. The van der Waals surface area contributed by atoms with E-state index in [1.165, 1.54) is 0 Å². The van der Waals surface area contributed by atoms with Gasteiger partial charge in [0.05, 0.1) is 16.9 Å². The largest absolute Gasteiger partial charge is 0.444 e. The molecule has 3 N–H and O–H groups in total. The zero-order chi connectivity index (χ0) is 13.9. The second-order valence-corrected chi connectivity index (χ2v) is 4.66. The predicted molar refractivity (Wildman–Crippen MR) is 65.4 cm³/mol. The molecule has 96 valence electrons. The van der Waals surface area contributed by atoms with Crippen LogP contribution in [0.15, 0.2) is 12.1 Å². The summed E-state index contributed by atoms with van der Waals surface area (Å²) >= 11 is 0. The number of halogens is 1. The Morgan fingerprint density at radius 1 is 1.50 bits per heavy atom. The molecule has 5 nitrogen and oxygen atoms in total. The van der Waals surface area contributed by atoms with E-state index >= 15 is 0 Å². The number of amides is 1. The maximum Gasteiger partial charge on any atom is 0.412 e. The first-order chi connectivity index (χ1) is 8.23. The van der Waals surface area contributed by atoms with Crippen LogP contribution in [0.2, 0.25) is 0 Å². The van der Waals surface area contributed by atoms with Gasteiger partial charge in [-0.1, -0.05) is 0 Å². The van der Waals surface area contributed by atoms with E-state index in [4.69, 9.17) is 15.7 Å². The smallest absolute Gasteiger partial charge is 0.412 e. The summed E-state index contributed by atoms with van der Waals surface area (Å²) in [7, 11) is 0. The minimum Gasteiger partial charge on any atom is -0.444 e. The highest BCUT2D eigenvalue weighted by atomic mass is 19.1. The lowest BCUT2D eigenvalue weighted by Gasteiger charge is -2.20. The van der Waals surface area contributed by atoms with Crippen LogP contribution in [-0.2, 0) is 4.74 Å². The molecule has 1 aromatic carbocycles. The van der Waals surface area contributed by atoms with Crippen LogP contribution in [-0.4, -0.2) is 11.7 Å². The van der Waals surface area contributed by atoms with Crippen molar-refractivity contribution in [2.45, 2.75) is 26.4 Å². The number of hydrogen-bond acceptors (Lipinski definition) is 4. The van der Waals surface area contributed by atoms with Crippen molar-refractivity contribution in [2.24, 2.45) is 0 Å². The number of nitrogen functional groups attached to an aromatic ring is 1. The molecule has 0 radical (unpaired) electrons. The van der Waals surface area contributed by atoms with Gasteiger partial charge in [0.15, 0.2) is 0 Å². The van der Waals surface area contributed by atoms with Crippen LogP contribution in [0.4, 0.5) is 20.6 Å². The molecule has 0 bridgehead atoms. The summed E-state index contributed by atoms with van der Waals surface area (Å²) in [5.41, 5.74) is 4.91. The average molecular weight is 251 g/mol. The number of rotatable bonds is 1. The Labute approximate surface area is 104 Å². The molecule has 0 aliphatic carbocycles. The molecule has 1 aromatic rings. The normalized spacial score (nSPS) is 10.6. The summed E-state index contributed by atoms with van der Waals surface area (Å²) in [6, 6.07) is 3.79. The van der Waals surface area contributed by atoms with Crippen molar-refractivity contribution < 1.29 is 13.9 Å². The third-order valence-electron chi connectivity index (χ3n) is 1.90. The minimum atomic E-state index is -0.752. The van der Waals surface area contributed by atoms with E-state index in [-0.39, 0.29) is 16.9 Å². The molecule has 0 atom stereocenters. The molecule has 1 rings (SSSR count). The molecule has 0 unspecified atom stereocenters. The van der Waals surface area contributed by atoms with Crippen LogP contribution >= 0.6 is 0 Å². The number of nitrogens with zero attached hydrogens (tertiary/aromatic N) is 1. The summed E-state index contributed by atoms with van der Waals surface area (Å²) in [6.07, 6.45) is -0.738. The fraction of sp³-hybridized carbons (Fsp3) is 0.333. The van der Waals surface area contributed by atoms with Gasteiger partial charge in [0.2, 0.25) is 0 Å². The Morgan fingerprint density at radius 2 is 2.11 bits per heavy atom. The third-order valence-corrected chi connectivity index (χ3v) is 1.90. The van der Waals surface area contributed by atoms with Gasteiger partial charge < -0.3 is 10.5 Å². The number of hydrogen-bond donors (Lipinski definition) is 2. The lowest BCUT2D eigenvalue weighted by Crippen LogP contribution is -2.27. The van der Waals surface area contributed by atoms with Crippen molar-refractivity contribution in [3.8, 4) is 6.07 Å². The van der Waals surface area contributed by atoms with Gasteiger partial charge in [-0.05, 0) is 26.8 Å². The fourth-order valence-electron chi connectivity index (χ4n) is 1.20. The molecule has 0 aromatic heterocycles. The van der Waals surface area contributed by atoms with Crippen molar-refractivity contribution in [3.05, 3.63) is 23.5 Å². The van der Waals surface area contributed by atoms with Gasteiger partial charge in [0, 0.05) is 6.07 Å². The van der Waals surface area contributed by atoms with E-state index < -0.39 is 17.5 Å². The van der Waals surface area contributed by atoms with Gasteiger partial charge in [-0.2, -0.15) is 5.26 Å². The van der Waals surface area contributed by atoms with E-state index in [0.29, 0.717) is 0 Å². The Bertz CT molecular complexity index is 515. The zero-order valence-electron chi connectivity index (χ0n) is 10.4. The molecule has 18 heavy (non-hydrogen) atoms. The molecule has 6 heteroatoms. The summed E-state index contributed by atoms with van der Waals surface area (Å²) in [5.74, 6) is -0.752.